The number of carbonyl (C=O) groups excluding carboxylic acids is 1. The zero-order valence-electron chi connectivity index (χ0n) is 9.06. The van der Waals surface area contributed by atoms with Crippen LogP contribution in [0.5, 0.6) is 0 Å². The monoisotopic (exact) mass is 336 g/mol. The average Bonchev–Trinajstić information content (AvgIpc) is 2.31. The quantitative estimate of drug-likeness (QED) is 0.698. The van der Waals surface area contributed by atoms with Gasteiger partial charge < -0.3 is 15.5 Å². The number of aliphatic hydroxyl groups is 1. The minimum absolute atomic E-state index is 0.0242. The van der Waals surface area contributed by atoms with Crippen LogP contribution in [0.15, 0.2) is 16.7 Å². The SMILES string of the molecule is O=C(N[C@H](CCO)C(=O)O)c1cc(Br)cnc1Cl. The van der Waals surface area contributed by atoms with E-state index in [9.17, 15) is 9.59 Å². The first-order valence-electron chi connectivity index (χ1n) is 4.91. The summed E-state index contributed by atoms with van der Waals surface area (Å²) in [4.78, 5) is 26.4. The fourth-order valence-corrected chi connectivity index (χ4v) is 1.72. The van der Waals surface area contributed by atoms with Crippen LogP contribution in [-0.2, 0) is 4.79 Å². The highest BCUT2D eigenvalue weighted by atomic mass is 79.9. The highest BCUT2D eigenvalue weighted by Crippen LogP contribution is 2.18. The molecule has 1 aromatic rings. The first-order chi connectivity index (χ1) is 8.45. The zero-order valence-corrected chi connectivity index (χ0v) is 11.4. The molecule has 0 fully saturated rings. The van der Waals surface area contributed by atoms with E-state index in [1.54, 1.807) is 0 Å². The number of carboxylic acids is 1. The molecule has 1 amide bonds. The van der Waals surface area contributed by atoms with Crippen molar-refractivity contribution in [2.75, 3.05) is 6.61 Å². The lowest BCUT2D eigenvalue weighted by molar-refractivity contribution is -0.139. The number of nitrogens with zero attached hydrogens (tertiary/aromatic N) is 1. The second kappa shape index (κ2) is 6.67. The summed E-state index contributed by atoms with van der Waals surface area (Å²) in [6.07, 6.45) is 1.33. The minimum atomic E-state index is -1.23. The lowest BCUT2D eigenvalue weighted by Gasteiger charge is -2.13. The van der Waals surface area contributed by atoms with Gasteiger partial charge in [-0.3, -0.25) is 4.79 Å². The third-order valence-electron chi connectivity index (χ3n) is 2.07. The van der Waals surface area contributed by atoms with Crippen molar-refractivity contribution in [1.82, 2.24) is 10.3 Å². The average molecular weight is 338 g/mol. The topological polar surface area (TPSA) is 99.5 Å². The summed E-state index contributed by atoms with van der Waals surface area (Å²) in [5.41, 5.74) is 0.0650. The normalized spacial score (nSPS) is 11.9. The largest absolute Gasteiger partial charge is 0.480 e. The molecule has 3 N–H and O–H groups in total. The Hall–Kier alpha value is -1.18. The van der Waals surface area contributed by atoms with Gasteiger partial charge in [-0.25, -0.2) is 9.78 Å². The van der Waals surface area contributed by atoms with Gasteiger partial charge in [0, 0.05) is 23.7 Å². The second-order valence-electron chi connectivity index (χ2n) is 3.37. The van der Waals surface area contributed by atoms with Crippen LogP contribution in [-0.4, -0.2) is 39.7 Å². The molecule has 0 saturated carbocycles. The molecule has 0 bridgehead atoms. The van der Waals surface area contributed by atoms with E-state index in [-0.39, 0.29) is 23.7 Å². The number of hydrogen-bond donors (Lipinski definition) is 3. The molecule has 1 atom stereocenters. The first kappa shape index (κ1) is 14.9. The number of aliphatic hydroxyl groups excluding tert-OH is 1. The van der Waals surface area contributed by atoms with Gasteiger partial charge >= 0.3 is 5.97 Å². The third kappa shape index (κ3) is 3.94. The molecule has 1 heterocycles. The summed E-state index contributed by atoms with van der Waals surface area (Å²) in [7, 11) is 0. The number of pyridine rings is 1. The number of carbonyl (C=O) groups is 2. The van der Waals surface area contributed by atoms with E-state index in [2.05, 4.69) is 26.2 Å². The lowest BCUT2D eigenvalue weighted by Crippen LogP contribution is -2.41. The number of amides is 1. The Kier molecular flexibility index (Phi) is 5.52. The molecule has 0 spiro atoms. The smallest absolute Gasteiger partial charge is 0.326 e. The summed E-state index contributed by atoms with van der Waals surface area (Å²) in [5.74, 6) is -1.88. The van der Waals surface area contributed by atoms with Gasteiger partial charge in [-0.2, -0.15) is 0 Å². The molecule has 98 valence electrons. The Morgan fingerprint density at radius 1 is 1.56 bits per heavy atom. The van der Waals surface area contributed by atoms with Crippen LogP contribution in [0.25, 0.3) is 0 Å². The number of aromatic nitrogens is 1. The maximum absolute atomic E-state index is 11.8. The van der Waals surface area contributed by atoms with Gasteiger partial charge in [0.2, 0.25) is 0 Å². The Labute approximate surface area is 116 Å². The highest BCUT2D eigenvalue weighted by molar-refractivity contribution is 9.10. The van der Waals surface area contributed by atoms with Crippen LogP contribution < -0.4 is 5.32 Å². The van der Waals surface area contributed by atoms with Crippen molar-refractivity contribution >= 4 is 39.4 Å². The molecule has 0 radical (unpaired) electrons. The van der Waals surface area contributed by atoms with Gasteiger partial charge in [-0.1, -0.05) is 11.6 Å². The number of aliphatic carboxylic acids is 1. The second-order valence-corrected chi connectivity index (χ2v) is 4.64. The first-order valence-corrected chi connectivity index (χ1v) is 6.08. The zero-order chi connectivity index (χ0) is 13.7. The molecule has 1 aromatic heterocycles. The van der Waals surface area contributed by atoms with Gasteiger partial charge in [0.1, 0.15) is 11.2 Å². The predicted molar refractivity (Wildman–Crippen MR) is 67.5 cm³/mol. The Morgan fingerprint density at radius 2 is 2.22 bits per heavy atom. The van der Waals surface area contributed by atoms with Crippen molar-refractivity contribution in [3.63, 3.8) is 0 Å². The van der Waals surface area contributed by atoms with E-state index in [1.165, 1.54) is 12.3 Å². The number of carboxylic acid groups (broad SMARTS) is 1. The lowest BCUT2D eigenvalue weighted by atomic mass is 10.2. The summed E-state index contributed by atoms with van der Waals surface area (Å²) in [5, 5.41) is 19.8. The summed E-state index contributed by atoms with van der Waals surface area (Å²) >= 11 is 8.87. The minimum Gasteiger partial charge on any atom is -0.480 e. The van der Waals surface area contributed by atoms with Crippen LogP contribution in [0, 0.1) is 0 Å². The third-order valence-corrected chi connectivity index (χ3v) is 2.81. The van der Waals surface area contributed by atoms with Gasteiger partial charge in [0.15, 0.2) is 0 Å². The van der Waals surface area contributed by atoms with E-state index in [1.807, 2.05) is 0 Å². The van der Waals surface area contributed by atoms with Crippen LogP contribution in [0.2, 0.25) is 5.15 Å². The fourth-order valence-electron chi connectivity index (χ4n) is 1.20. The van der Waals surface area contributed by atoms with Crippen molar-refractivity contribution in [3.8, 4) is 0 Å². The summed E-state index contributed by atoms with van der Waals surface area (Å²) in [6.45, 7) is -0.346. The molecule has 0 saturated heterocycles. The van der Waals surface area contributed by atoms with Crippen LogP contribution in [0.3, 0.4) is 0 Å². The van der Waals surface area contributed by atoms with E-state index >= 15 is 0 Å². The molecule has 0 aliphatic heterocycles. The molecule has 18 heavy (non-hydrogen) atoms. The van der Waals surface area contributed by atoms with Crippen molar-refractivity contribution < 1.29 is 19.8 Å². The van der Waals surface area contributed by atoms with Crippen LogP contribution >= 0.6 is 27.5 Å². The summed E-state index contributed by atoms with van der Waals surface area (Å²) < 4.78 is 0.547. The Morgan fingerprint density at radius 3 is 2.78 bits per heavy atom. The van der Waals surface area contributed by atoms with Crippen molar-refractivity contribution in [3.05, 3.63) is 27.5 Å². The van der Waals surface area contributed by atoms with E-state index in [0.29, 0.717) is 4.47 Å². The van der Waals surface area contributed by atoms with Gasteiger partial charge in [0.05, 0.1) is 5.56 Å². The van der Waals surface area contributed by atoms with Gasteiger partial charge in [-0.15, -0.1) is 0 Å². The standard InChI is InChI=1S/C10H10BrClN2O4/c11-5-3-6(8(12)13-4-5)9(16)14-7(1-2-15)10(17)18/h3-4,7,15H,1-2H2,(H,14,16)(H,17,18)/t7-/m1/s1. The summed E-state index contributed by atoms with van der Waals surface area (Å²) in [6, 6.07) is 0.264. The number of halogens is 2. The van der Waals surface area contributed by atoms with Crippen molar-refractivity contribution in [1.29, 1.82) is 0 Å². The number of hydrogen-bond acceptors (Lipinski definition) is 4. The maximum atomic E-state index is 11.8. The molecular formula is C10H10BrClN2O4. The maximum Gasteiger partial charge on any atom is 0.326 e. The fraction of sp³-hybridized carbons (Fsp3) is 0.300. The molecule has 0 unspecified atom stereocenters. The Balaban J connectivity index is 2.86. The van der Waals surface area contributed by atoms with E-state index in [4.69, 9.17) is 21.8 Å². The van der Waals surface area contributed by atoms with Crippen molar-refractivity contribution in [2.24, 2.45) is 0 Å². The molecule has 0 aliphatic carbocycles. The molecule has 8 heteroatoms. The number of rotatable bonds is 5. The van der Waals surface area contributed by atoms with Crippen LogP contribution in [0.1, 0.15) is 16.8 Å². The molecule has 6 nitrogen and oxygen atoms in total. The van der Waals surface area contributed by atoms with Gasteiger partial charge in [0.25, 0.3) is 5.91 Å². The van der Waals surface area contributed by atoms with E-state index in [0.717, 1.165) is 0 Å². The molecule has 0 aromatic carbocycles. The number of nitrogens with one attached hydrogen (secondary N) is 1. The molecule has 0 aliphatic rings. The Bertz CT molecular complexity index is 469. The molecular weight excluding hydrogens is 327 g/mol. The van der Waals surface area contributed by atoms with Gasteiger partial charge in [-0.05, 0) is 22.0 Å². The molecule has 1 rings (SSSR count). The predicted octanol–water partition coefficient (Wildman–Crippen LogP) is 1.06. The van der Waals surface area contributed by atoms with Crippen LogP contribution in [0.4, 0.5) is 0 Å². The van der Waals surface area contributed by atoms with E-state index < -0.39 is 17.9 Å². The highest BCUT2D eigenvalue weighted by Gasteiger charge is 2.21. The van der Waals surface area contributed by atoms with Crippen molar-refractivity contribution in [2.45, 2.75) is 12.5 Å².